The van der Waals surface area contributed by atoms with Crippen LogP contribution >= 0.6 is 11.6 Å². The molecule has 3 nitrogen and oxygen atoms in total. The van der Waals surface area contributed by atoms with E-state index in [1.807, 2.05) is 50.1 Å². The van der Waals surface area contributed by atoms with Gasteiger partial charge in [-0.15, -0.1) is 0 Å². The molecule has 0 radical (unpaired) electrons. The third-order valence-corrected chi connectivity index (χ3v) is 3.13. The van der Waals surface area contributed by atoms with Crippen LogP contribution in [0, 0.1) is 0 Å². The minimum atomic E-state index is 0.0360. The summed E-state index contributed by atoms with van der Waals surface area (Å²) in [4.78, 5) is 13.5. The van der Waals surface area contributed by atoms with Crippen molar-refractivity contribution < 1.29 is 4.79 Å². The highest BCUT2D eigenvalue weighted by Crippen LogP contribution is 2.25. The molecule has 0 heterocycles. The Morgan fingerprint density at radius 1 is 1.47 bits per heavy atom. The molecule has 94 valence electrons. The molecule has 0 aliphatic heterocycles. The molecule has 0 saturated carbocycles. The van der Waals surface area contributed by atoms with Crippen molar-refractivity contribution in [1.29, 1.82) is 0 Å². The lowest BCUT2D eigenvalue weighted by atomic mass is 10.1. The summed E-state index contributed by atoms with van der Waals surface area (Å²) >= 11 is 6.13. The van der Waals surface area contributed by atoms with Crippen molar-refractivity contribution in [2.24, 2.45) is 0 Å². The summed E-state index contributed by atoms with van der Waals surface area (Å²) in [5.41, 5.74) is 1.04. The molecule has 1 N–H and O–H groups in total. The fourth-order valence-electron chi connectivity index (χ4n) is 1.67. The highest BCUT2D eigenvalue weighted by molar-refractivity contribution is 6.31. The van der Waals surface area contributed by atoms with Gasteiger partial charge in [0.15, 0.2) is 0 Å². The minimum Gasteiger partial charge on any atom is -0.355 e. The maximum absolute atomic E-state index is 11.5. The summed E-state index contributed by atoms with van der Waals surface area (Å²) in [6, 6.07) is 7.83. The van der Waals surface area contributed by atoms with E-state index in [-0.39, 0.29) is 11.9 Å². The highest BCUT2D eigenvalue weighted by atomic mass is 35.5. The van der Waals surface area contributed by atoms with Gasteiger partial charge in [0, 0.05) is 17.6 Å². The number of hydrogen-bond acceptors (Lipinski definition) is 2. The van der Waals surface area contributed by atoms with Gasteiger partial charge in [0.05, 0.1) is 6.54 Å². The zero-order valence-corrected chi connectivity index (χ0v) is 11.3. The molecule has 0 aliphatic carbocycles. The number of carbonyl (C=O) groups excluding carboxylic acids is 1. The van der Waals surface area contributed by atoms with Crippen LogP contribution in [0.15, 0.2) is 24.3 Å². The van der Waals surface area contributed by atoms with E-state index < -0.39 is 0 Å². The molecule has 0 fully saturated rings. The van der Waals surface area contributed by atoms with Crippen molar-refractivity contribution in [3.8, 4) is 0 Å². The summed E-state index contributed by atoms with van der Waals surface area (Å²) in [6.45, 7) is 4.99. The average molecular weight is 255 g/mol. The van der Waals surface area contributed by atoms with Crippen LogP contribution in [0.2, 0.25) is 5.02 Å². The molecule has 1 atom stereocenters. The quantitative estimate of drug-likeness (QED) is 0.876. The molecule has 0 aliphatic rings. The van der Waals surface area contributed by atoms with Crippen LogP contribution in [0.25, 0.3) is 0 Å². The van der Waals surface area contributed by atoms with Gasteiger partial charge in [-0.3, -0.25) is 9.69 Å². The lowest BCUT2D eigenvalue weighted by Gasteiger charge is -2.25. The maximum Gasteiger partial charge on any atom is 0.234 e. The Hall–Kier alpha value is -1.06. The van der Waals surface area contributed by atoms with Crippen LogP contribution < -0.4 is 5.32 Å². The van der Waals surface area contributed by atoms with E-state index in [2.05, 4.69) is 5.32 Å². The van der Waals surface area contributed by atoms with Gasteiger partial charge in [-0.05, 0) is 32.5 Å². The Balaban J connectivity index is 2.67. The fraction of sp³-hybridized carbons (Fsp3) is 0.462. The monoisotopic (exact) mass is 254 g/mol. The number of halogens is 1. The maximum atomic E-state index is 11.5. The highest BCUT2D eigenvalue weighted by Gasteiger charge is 2.16. The number of nitrogens with zero attached hydrogens (tertiary/aromatic N) is 1. The largest absolute Gasteiger partial charge is 0.355 e. The molecule has 0 aromatic heterocycles. The van der Waals surface area contributed by atoms with Gasteiger partial charge in [0.25, 0.3) is 0 Å². The van der Waals surface area contributed by atoms with Crippen molar-refractivity contribution in [3.05, 3.63) is 34.9 Å². The SMILES string of the molecule is CCNC(=O)CN(C)C(C)c1ccccc1Cl. The summed E-state index contributed by atoms with van der Waals surface area (Å²) in [5.74, 6) is 0.0360. The van der Waals surface area contributed by atoms with E-state index in [9.17, 15) is 4.79 Å². The molecule has 1 rings (SSSR count). The van der Waals surface area contributed by atoms with Gasteiger partial charge in [0.2, 0.25) is 5.91 Å². The molecule has 1 aromatic carbocycles. The van der Waals surface area contributed by atoms with Crippen molar-refractivity contribution in [2.45, 2.75) is 19.9 Å². The summed E-state index contributed by atoms with van der Waals surface area (Å²) in [5, 5.41) is 3.52. The van der Waals surface area contributed by atoms with Crippen molar-refractivity contribution >= 4 is 17.5 Å². The van der Waals surface area contributed by atoms with E-state index in [0.29, 0.717) is 13.1 Å². The molecule has 1 unspecified atom stereocenters. The first-order valence-corrected chi connectivity index (χ1v) is 6.15. The Labute approximate surface area is 108 Å². The molecule has 0 bridgehead atoms. The number of carbonyl (C=O) groups is 1. The molecule has 0 saturated heterocycles. The Morgan fingerprint density at radius 3 is 2.71 bits per heavy atom. The normalized spacial score (nSPS) is 12.5. The van der Waals surface area contributed by atoms with E-state index in [1.165, 1.54) is 0 Å². The van der Waals surface area contributed by atoms with Crippen LogP contribution in [-0.2, 0) is 4.79 Å². The van der Waals surface area contributed by atoms with Gasteiger partial charge in [-0.2, -0.15) is 0 Å². The van der Waals surface area contributed by atoms with Gasteiger partial charge < -0.3 is 5.32 Å². The molecule has 0 spiro atoms. The second-order valence-corrected chi connectivity index (χ2v) is 4.47. The topological polar surface area (TPSA) is 32.3 Å². The van der Waals surface area contributed by atoms with Crippen LogP contribution in [0.5, 0.6) is 0 Å². The number of amides is 1. The summed E-state index contributed by atoms with van der Waals surface area (Å²) < 4.78 is 0. The van der Waals surface area contributed by atoms with Gasteiger partial charge in [0.1, 0.15) is 0 Å². The molecule has 1 amide bonds. The summed E-state index contributed by atoms with van der Waals surface area (Å²) in [7, 11) is 1.92. The van der Waals surface area contributed by atoms with E-state index in [4.69, 9.17) is 11.6 Å². The first-order valence-electron chi connectivity index (χ1n) is 5.77. The smallest absolute Gasteiger partial charge is 0.234 e. The molecule has 4 heteroatoms. The first kappa shape index (κ1) is 14.0. The summed E-state index contributed by atoms with van der Waals surface area (Å²) in [6.07, 6.45) is 0. The number of likely N-dealkylation sites (N-methyl/N-ethyl adjacent to an activating group) is 2. The Bertz CT molecular complexity index is 381. The number of nitrogens with one attached hydrogen (secondary N) is 1. The van der Waals surface area contributed by atoms with Gasteiger partial charge in [-0.25, -0.2) is 0 Å². The second kappa shape index (κ2) is 6.62. The van der Waals surface area contributed by atoms with Gasteiger partial charge >= 0.3 is 0 Å². The average Bonchev–Trinajstić information content (AvgIpc) is 2.29. The van der Waals surface area contributed by atoms with E-state index in [1.54, 1.807) is 0 Å². The fourth-order valence-corrected chi connectivity index (χ4v) is 1.96. The lowest BCUT2D eigenvalue weighted by molar-refractivity contribution is -0.122. The van der Waals surface area contributed by atoms with Crippen LogP contribution in [0.3, 0.4) is 0 Å². The number of rotatable bonds is 5. The predicted molar refractivity (Wildman–Crippen MR) is 71.2 cm³/mol. The standard InChI is InChI=1S/C13H19ClN2O/c1-4-15-13(17)9-16(3)10(2)11-7-5-6-8-12(11)14/h5-8,10H,4,9H2,1-3H3,(H,15,17). The molecular formula is C13H19ClN2O. The first-order chi connectivity index (χ1) is 8.06. The zero-order valence-electron chi connectivity index (χ0n) is 10.5. The molecular weight excluding hydrogens is 236 g/mol. The van der Waals surface area contributed by atoms with Crippen molar-refractivity contribution in [2.75, 3.05) is 20.1 Å². The minimum absolute atomic E-state index is 0.0360. The Kier molecular flexibility index (Phi) is 5.45. The lowest BCUT2D eigenvalue weighted by Crippen LogP contribution is -2.36. The molecule has 1 aromatic rings. The zero-order chi connectivity index (χ0) is 12.8. The van der Waals surface area contributed by atoms with Crippen molar-refractivity contribution in [3.63, 3.8) is 0 Å². The van der Waals surface area contributed by atoms with Crippen molar-refractivity contribution in [1.82, 2.24) is 10.2 Å². The second-order valence-electron chi connectivity index (χ2n) is 4.07. The van der Waals surface area contributed by atoms with E-state index in [0.717, 1.165) is 10.6 Å². The third-order valence-electron chi connectivity index (χ3n) is 2.78. The predicted octanol–water partition coefficient (Wildman–Crippen LogP) is 2.47. The third kappa shape index (κ3) is 4.02. The van der Waals surface area contributed by atoms with Crippen LogP contribution in [0.4, 0.5) is 0 Å². The van der Waals surface area contributed by atoms with Crippen LogP contribution in [-0.4, -0.2) is 30.9 Å². The van der Waals surface area contributed by atoms with Gasteiger partial charge in [-0.1, -0.05) is 29.8 Å². The number of hydrogen-bond donors (Lipinski definition) is 1. The van der Waals surface area contributed by atoms with Crippen LogP contribution in [0.1, 0.15) is 25.5 Å². The molecule has 17 heavy (non-hydrogen) atoms. The Morgan fingerprint density at radius 2 is 2.12 bits per heavy atom. The van der Waals surface area contributed by atoms with E-state index >= 15 is 0 Å². The number of benzene rings is 1.